The third-order valence-electron chi connectivity index (χ3n) is 7.12. The summed E-state index contributed by atoms with van der Waals surface area (Å²) in [5.41, 5.74) is 2.89. The molecule has 2 aliphatic rings. The van der Waals surface area contributed by atoms with Crippen molar-refractivity contribution in [3.8, 4) is 11.1 Å². The second-order valence-corrected chi connectivity index (χ2v) is 9.38. The first kappa shape index (κ1) is 23.0. The molecule has 4 rings (SSSR count). The molecule has 2 aromatic carbocycles. The summed E-state index contributed by atoms with van der Waals surface area (Å²) < 4.78 is 0. The molecule has 0 spiro atoms. The van der Waals surface area contributed by atoms with Crippen LogP contribution in [0.3, 0.4) is 0 Å². The Hall–Kier alpha value is -3.15. The molecule has 2 heterocycles. The standard InChI is InChI=1S/C27H33N3O3/c1-3-28-26(33)27(18-20-8-7-11-22(16-20)21-9-5-4-6-10-21)12-14-30(15-13-27)25(32)23-17-24(31)29(2)19-23/h4-11,16,23H,3,12-15,17-19H2,1-2H3,(H,28,33)/t23-/m0/s1. The van der Waals surface area contributed by atoms with Crippen LogP contribution >= 0.6 is 0 Å². The molecule has 0 aromatic heterocycles. The van der Waals surface area contributed by atoms with Crippen LogP contribution in [0.15, 0.2) is 54.6 Å². The Morgan fingerprint density at radius 3 is 2.36 bits per heavy atom. The van der Waals surface area contributed by atoms with Crippen LogP contribution in [0, 0.1) is 11.3 Å². The van der Waals surface area contributed by atoms with Crippen molar-refractivity contribution < 1.29 is 14.4 Å². The van der Waals surface area contributed by atoms with Gasteiger partial charge in [-0.15, -0.1) is 0 Å². The Kier molecular flexibility index (Phi) is 6.82. The van der Waals surface area contributed by atoms with E-state index in [1.54, 1.807) is 11.9 Å². The minimum absolute atomic E-state index is 0.0281. The van der Waals surface area contributed by atoms with Crippen molar-refractivity contribution in [2.45, 2.75) is 32.6 Å². The van der Waals surface area contributed by atoms with Gasteiger partial charge in [0.15, 0.2) is 0 Å². The van der Waals surface area contributed by atoms with Gasteiger partial charge in [-0.25, -0.2) is 0 Å². The number of carbonyl (C=O) groups excluding carboxylic acids is 3. The number of benzene rings is 2. The van der Waals surface area contributed by atoms with E-state index in [0.717, 1.165) is 16.7 Å². The highest BCUT2D eigenvalue weighted by Crippen LogP contribution is 2.37. The normalized spacial score (nSPS) is 20.1. The highest BCUT2D eigenvalue weighted by Gasteiger charge is 2.44. The monoisotopic (exact) mass is 447 g/mol. The van der Waals surface area contributed by atoms with E-state index in [1.165, 1.54) is 0 Å². The third-order valence-corrected chi connectivity index (χ3v) is 7.12. The molecule has 0 unspecified atom stereocenters. The van der Waals surface area contributed by atoms with Crippen molar-refractivity contribution in [2.75, 3.05) is 33.2 Å². The van der Waals surface area contributed by atoms with Crippen LogP contribution in [-0.4, -0.2) is 60.7 Å². The number of likely N-dealkylation sites (tertiary alicyclic amines) is 2. The summed E-state index contributed by atoms with van der Waals surface area (Å²) in [7, 11) is 1.75. The Balaban J connectivity index is 1.50. The molecule has 6 heteroatoms. The number of carbonyl (C=O) groups is 3. The van der Waals surface area contributed by atoms with Crippen LogP contribution in [0.5, 0.6) is 0 Å². The highest BCUT2D eigenvalue weighted by atomic mass is 16.2. The molecule has 1 atom stereocenters. The van der Waals surface area contributed by atoms with Gasteiger partial charge in [0.1, 0.15) is 0 Å². The molecule has 0 aliphatic carbocycles. The van der Waals surface area contributed by atoms with Gasteiger partial charge >= 0.3 is 0 Å². The SMILES string of the molecule is CCNC(=O)C1(Cc2cccc(-c3ccccc3)c2)CCN(C(=O)[C@H]2CC(=O)N(C)C2)CC1. The van der Waals surface area contributed by atoms with E-state index >= 15 is 0 Å². The first-order valence-electron chi connectivity index (χ1n) is 11.9. The Morgan fingerprint density at radius 2 is 1.73 bits per heavy atom. The van der Waals surface area contributed by atoms with E-state index < -0.39 is 5.41 Å². The van der Waals surface area contributed by atoms with Crippen LogP contribution in [0.4, 0.5) is 0 Å². The average molecular weight is 448 g/mol. The first-order chi connectivity index (χ1) is 15.9. The second kappa shape index (κ2) is 9.77. The van der Waals surface area contributed by atoms with Gasteiger partial charge in [0.25, 0.3) is 0 Å². The quantitative estimate of drug-likeness (QED) is 0.740. The molecule has 2 aromatic rings. The van der Waals surface area contributed by atoms with E-state index in [2.05, 4.69) is 41.7 Å². The number of amides is 3. The predicted octanol–water partition coefficient (Wildman–Crippen LogP) is 3.12. The molecule has 2 aliphatic heterocycles. The Bertz CT molecular complexity index is 1010. The van der Waals surface area contributed by atoms with E-state index in [-0.39, 0.29) is 23.6 Å². The van der Waals surface area contributed by atoms with Gasteiger partial charge in [0, 0.05) is 39.6 Å². The maximum Gasteiger partial charge on any atom is 0.227 e. The summed E-state index contributed by atoms with van der Waals surface area (Å²) in [5, 5.41) is 3.04. The summed E-state index contributed by atoms with van der Waals surface area (Å²) in [5.74, 6) is -0.122. The lowest BCUT2D eigenvalue weighted by Crippen LogP contribution is -2.52. The van der Waals surface area contributed by atoms with Gasteiger partial charge in [-0.1, -0.05) is 54.6 Å². The number of nitrogens with one attached hydrogen (secondary N) is 1. The molecule has 174 valence electrons. The van der Waals surface area contributed by atoms with E-state index in [0.29, 0.717) is 51.9 Å². The van der Waals surface area contributed by atoms with Crippen molar-refractivity contribution in [1.82, 2.24) is 15.1 Å². The fourth-order valence-corrected chi connectivity index (χ4v) is 5.16. The molecule has 1 N–H and O–H groups in total. The lowest BCUT2D eigenvalue weighted by molar-refractivity contribution is -0.143. The van der Waals surface area contributed by atoms with Gasteiger partial charge in [-0.2, -0.15) is 0 Å². The fourth-order valence-electron chi connectivity index (χ4n) is 5.16. The van der Waals surface area contributed by atoms with E-state index in [1.807, 2.05) is 30.0 Å². The predicted molar refractivity (Wildman–Crippen MR) is 128 cm³/mol. The topological polar surface area (TPSA) is 69.7 Å². The summed E-state index contributed by atoms with van der Waals surface area (Å²) in [4.78, 5) is 41.6. The van der Waals surface area contributed by atoms with Crippen LogP contribution in [0.25, 0.3) is 11.1 Å². The lowest BCUT2D eigenvalue weighted by atomic mass is 9.72. The molecular weight excluding hydrogens is 414 g/mol. The van der Waals surface area contributed by atoms with Crippen molar-refractivity contribution in [3.05, 3.63) is 60.2 Å². The van der Waals surface area contributed by atoms with Crippen LogP contribution in [0.1, 0.15) is 31.7 Å². The number of rotatable bonds is 6. The number of piperidine rings is 1. The molecule has 2 saturated heterocycles. The van der Waals surface area contributed by atoms with Gasteiger partial charge in [0.2, 0.25) is 17.7 Å². The summed E-state index contributed by atoms with van der Waals surface area (Å²) in [6, 6.07) is 18.7. The van der Waals surface area contributed by atoms with Crippen LogP contribution in [-0.2, 0) is 20.8 Å². The van der Waals surface area contributed by atoms with Gasteiger partial charge in [-0.3, -0.25) is 14.4 Å². The maximum absolute atomic E-state index is 13.2. The number of hydrogen-bond acceptors (Lipinski definition) is 3. The van der Waals surface area contributed by atoms with Crippen LogP contribution in [0.2, 0.25) is 0 Å². The Labute approximate surface area is 196 Å². The molecule has 3 amide bonds. The maximum atomic E-state index is 13.2. The number of hydrogen-bond donors (Lipinski definition) is 1. The summed E-state index contributed by atoms with van der Waals surface area (Å²) >= 11 is 0. The third kappa shape index (κ3) is 4.95. The van der Waals surface area contributed by atoms with Gasteiger partial charge in [-0.05, 0) is 42.9 Å². The molecule has 33 heavy (non-hydrogen) atoms. The summed E-state index contributed by atoms with van der Waals surface area (Å²) in [6.45, 7) is 4.10. The zero-order chi connectivity index (χ0) is 23.4. The minimum atomic E-state index is -0.537. The molecular formula is C27H33N3O3. The average Bonchev–Trinajstić information content (AvgIpc) is 3.18. The first-order valence-corrected chi connectivity index (χ1v) is 11.9. The summed E-state index contributed by atoms with van der Waals surface area (Å²) in [6.07, 6.45) is 2.18. The largest absolute Gasteiger partial charge is 0.356 e. The molecule has 0 radical (unpaired) electrons. The molecule has 0 bridgehead atoms. The highest BCUT2D eigenvalue weighted by molar-refractivity contribution is 5.89. The van der Waals surface area contributed by atoms with E-state index in [9.17, 15) is 14.4 Å². The lowest BCUT2D eigenvalue weighted by Gasteiger charge is -2.41. The Morgan fingerprint density at radius 1 is 1.03 bits per heavy atom. The van der Waals surface area contributed by atoms with Crippen molar-refractivity contribution in [1.29, 1.82) is 0 Å². The smallest absolute Gasteiger partial charge is 0.227 e. The second-order valence-electron chi connectivity index (χ2n) is 9.38. The van der Waals surface area contributed by atoms with E-state index in [4.69, 9.17) is 0 Å². The molecule has 0 saturated carbocycles. The zero-order valence-electron chi connectivity index (χ0n) is 19.5. The van der Waals surface area contributed by atoms with Crippen molar-refractivity contribution in [3.63, 3.8) is 0 Å². The molecule has 6 nitrogen and oxygen atoms in total. The zero-order valence-corrected chi connectivity index (χ0v) is 19.5. The van der Waals surface area contributed by atoms with Crippen molar-refractivity contribution in [2.24, 2.45) is 11.3 Å². The van der Waals surface area contributed by atoms with Gasteiger partial charge in [0.05, 0.1) is 11.3 Å². The minimum Gasteiger partial charge on any atom is -0.356 e. The fraction of sp³-hybridized carbons (Fsp3) is 0.444. The van der Waals surface area contributed by atoms with Crippen molar-refractivity contribution >= 4 is 17.7 Å². The molecule has 2 fully saturated rings. The number of nitrogens with zero attached hydrogens (tertiary/aromatic N) is 2. The van der Waals surface area contributed by atoms with Gasteiger partial charge < -0.3 is 15.1 Å². The van der Waals surface area contributed by atoms with Crippen LogP contribution < -0.4 is 5.32 Å².